The molecular formula is C16H22F3N3O5. The van der Waals surface area contributed by atoms with Crippen LogP contribution in [-0.2, 0) is 4.79 Å². The summed E-state index contributed by atoms with van der Waals surface area (Å²) in [5, 5.41) is 3.90. The second-order valence-electron chi connectivity index (χ2n) is 5.55. The van der Waals surface area contributed by atoms with Crippen molar-refractivity contribution in [2.24, 2.45) is 0 Å². The molecule has 0 saturated carbocycles. The predicted octanol–water partition coefficient (Wildman–Crippen LogP) is 1.70. The lowest BCUT2D eigenvalue weighted by molar-refractivity contribution is -0.155. The summed E-state index contributed by atoms with van der Waals surface area (Å²) >= 11 is 0. The van der Waals surface area contributed by atoms with Crippen LogP contribution in [0, 0.1) is 0 Å². The molecule has 0 spiro atoms. The van der Waals surface area contributed by atoms with Gasteiger partial charge in [0.25, 0.3) is 0 Å². The van der Waals surface area contributed by atoms with Gasteiger partial charge in [-0.15, -0.1) is 0 Å². The lowest BCUT2D eigenvalue weighted by atomic mass is 10.0. The maximum absolute atomic E-state index is 13.5. The Kier molecular flexibility index (Phi) is 7.56. The van der Waals surface area contributed by atoms with E-state index in [1.165, 1.54) is 40.3 Å². The lowest BCUT2D eigenvalue weighted by Crippen LogP contribution is -2.46. The molecule has 0 bridgehead atoms. The molecule has 152 valence electrons. The maximum Gasteiger partial charge on any atom is 0.412 e. The van der Waals surface area contributed by atoms with Gasteiger partial charge in [-0.05, 0) is 17.7 Å². The van der Waals surface area contributed by atoms with Crippen LogP contribution in [0.5, 0.6) is 17.2 Å². The predicted molar refractivity (Wildman–Crippen MR) is 90.1 cm³/mol. The van der Waals surface area contributed by atoms with E-state index in [-0.39, 0.29) is 22.8 Å². The van der Waals surface area contributed by atoms with Crippen molar-refractivity contribution in [1.29, 1.82) is 0 Å². The van der Waals surface area contributed by atoms with Gasteiger partial charge in [0.1, 0.15) is 0 Å². The summed E-state index contributed by atoms with van der Waals surface area (Å²) in [6, 6.07) is -1.34. The average molecular weight is 393 g/mol. The Morgan fingerprint density at radius 2 is 1.59 bits per heavy atom. The molecule has 27 heavy (non-hydrogen) atoms. The number of carbonyl (C=O) groups excluding carboxylic acids is 2. The molecule has 1 aromatic carbocycles. The molecule has 1 atom stereocenters. The van der Waals surface area contributed by atoms with E-state index >= 15 is 0 Å². The fourth-order valence-corrected chi connectivity index (χ4v) is 2.12. The standard InChI is InChI=1S/C16H22F3N3O5/c1-22(2)12(23)8-20-15(24)21-14(16(17,18)19)9-6-10(25-3)13(27-5)11(7-9)26-4/h6-7,14H,8H2,1-5H3,(H2,20,21,24). The van der Waals surface area contributed by atoms with E-state index in [4.69, 9.17) is 14.2 Å². The van der Waals surface area contributed by atoms with Gasteiger partial charge in [-0.1, -0.05) is 0 Å². The lowest BCUT2D eigenvalue weighted by Gasteiger charge is -2.24. The Hall–Kier alpha value is -2.85. The summed E-state index contributed by atoms with van der Waals surface area (Å²) in [6.07, 6.45) is -4.81. The van der Waals surface area contributed by atoms with Crippen LogP contribution >= 0.6 is 0 Å². The first-order valence-corrected chi connectivity index (χ1v) is 7.66. The van der Waals surface area contributed by atoms with Gasteiger partial charge in [0, 0.05) is 14.1 Å². The van der Waals surface area contributed by atoms with Gasteiger partial charge in [-0.2, -0.15) is 13.2 Å². The quantitative estimate of drug-likeness (QED) is 0.736. The molecule has 0 radical (unpaired) electrons. The van der Waals surface area contributed by atoms with Crippen LogP contribution in [0.4, 0.5) is 18.0 Å². The topological polar surface area (TPSA) is 89.1 Å². The molecule has 1 rings (SSSR count). The van der Waals surface area contributed by atoms with Crippen molar-refractivity contribution in [3.8, 4) is 17.2 Å². The third-order valence-corrected chi connectivity index (χ3v) is 3.52. The number of likely N-dealkylation sites (N-methyl/N-ethyl adjacent to an activating group) is 1. The number of hydrogen-bond donors (Lipinski definition) is 2. The number of ether oxygens (including phenoxy) is 3. The zero-order valence-electron chi connectivity index (χ0n) is 15.6. The van der Waals surface area contributed by atoms with Gasteiger partial charge in [0.2, 0.25) is 11.7 Å². The molecule has 11 heteroatoms. The van der Waals surface area contributed by atoms with Crippen molar-refractivity contribution in [2.45, 2.75) is 12.2 Å². The molecule has 2 N–H and O–H groups in total. The summed E-state index contributed by atoms with van der Waals surface area (Å²) in [7, 11) is 6.74. The van der Waals surface area contributed by atoms with E-state index in [1.807, 2.05) is 5.32 Å². The molecule has 0 heterocycles. The maximum atomic E-state index is 13.5. The van der Waals surface area contributed by atoms with Crippen LogP contribution in [0.25, 0.3) is 0 Å². The van der Waals surface area contributed by atoms with Crippen LogP contribution in [-0.4, -0.2) is 65.0 Å². The Morgan fingerprint density at radius 3 is 1.96 bits per heavy atom. The first-order chi connectivity index (χ1) is 12.5. The normalized spacial score (nSPS) is 12.0. The Morgan fingerprint density at radius 1 is 1.07 bits per heavy atom. The number of methoxy groups -OCH3 is 3. The number of urea groups is 1. The molecule has 1 unspecified atom stereocenters. The number of rotatable bonds is 7. The highest BCUT2D eigenvalue weighted by atomic mass is 19.4. The summed E-state index contributed by atoms with van der Waals surface area (Å²) < 4.78 is 55.7. The molecule has 3 amide bonds. The summed E-state index contributed by atoms with van der Waals surface area (Å²) in [4.78, 5) is 24.5. The minimum atomic E-state index is -4.81. The fourth-order valence-electron chi connectivity index (χ4n) is 2.12. The molecule has 0 aliphatic carbocycles. The third-order valence-electron chi connectivity index (χ3n) is 3.52. The van der Waals surface area contributed by atoms with Crippen molar-refractivity contribution in [3.05, 3.63) is 17.7 Å². The van der Waals surface area contributed by atoms with Crippen LogP contribution in [0.15, 0.2) is 12.1 Å². The highest BCUT2D eigenvalue weighted by Crippen LogP contribution is 2.42. The van der Waals surface area contributed by atoms with Gasteiger partial charge < -0.3 is 29.7 Å². The molecular weight excluding hydrogens is 371 g/mol. The molecule has 0 aliphatic heterocycles. The van der Waals surface area contributed by atoms with Gasteiger partial charge in [-0.25, -0.2) is 4.79 Å². The third kappa shape index (κ3) is 5.83. The number of benzene rings is 1. The SMILES string of the molecule is COc1cc(C(NC(=O)NCC(=O)N(C)C)C(F)(F)F)cc(OC)c1OC. The Bertz CT molecular complexity index is 655. The number of nitrogens with one attached hydrogen (secondary N) is 2. The van der Waals surface area contributed by atoms with E-state index in [0.29, 0.717) is 0 Å². The smallest absolute Gasteiger partial charge is 0.412 e. The number of amides is 3. The summed E-state index contributed by atoms with van der Waals surface area (Å²) in [5.74, 6) is -0.343. The van der Waals surface area contributed by atoms with Crippen LogP contribution < -0.4 is 24.8 Å². The van der Waals surface area contributed by atoms with E-state index < -0.39 is 30.7 Å². The number of hydrogen-bond acceptors (Lipinski definition) is 5. The Balaban J connectivity index is 3.14. The number of halogens is 3. The average Bonchev–Trinajstić information content (AvgIpc) is 2.61. The molecule has 1 aromatic rings. The highest BCUT2D eigenvalue weighted by molar-refractivity contribution is 5.83. The van der Waals surface area contributed by atoms with Gasteiger partial charge in [-0.3, -0.25) is 4.79 Å². The number of carbonyl (C=O) groups is 2. The van der Waals surface area contributed by atoms with E-state index in [1.54, 1.807) is 0 Å². The zero-order chi connectivity index (χ0) is 20.8. The molecule has 8 nitrogen and oxygen atoms in total. The van der Waals surface area contributed by atoms with Crippen molar-refractivity contribution in [3.63, 3.8) is 0 Å². The molecule has 0 aliphatic rings. The molecule has 0 fully saturated rings. The number of alkyl halides is 3. The van der Waals surface area contributed by atoms with Gasteiger partial charge in [0.15, 0.2) is 17.5 Å². The zero-order valence-corrected chi connectivity index (χ0v) is 15.6. The molecule has 0 aromatic heterocycles. The number of nitrogens with zero attached hydrogens (tertiary/aromatic N) is 1. The van der Waals surface area contributed by atoms with Crippen molar-refractivity contribution >= 4 is 11.9 Å². The largest absolute Gasteiger partial charge is 0.493 e. The van der Waals surface area contributed by atoms with Crippen LogP contribution in [0.1, 0.15) is 11.6 Å². The van der Waals surface area contributed by atoms with E-state index in [9.17, 15) is 22.8 Å². The van der Waals surface area contributed by atoms with Gasteiger partial charge >= 0.3 is 12.2 Å². The summed E-state index contributed by atoms with van der Waals surface area (Å²) in [6.45, 7) is -0.446. The van der Waals surface area contributed by atoms with E-state index in [0.717, 1.165) is 12.1 Å². The molecule has 0 saturated heterocycles. The fraction of sp³-hybridized carbons (Fsp3) is 0.500. The van der Waals surface area contributed by atoms with E-state index in [2.05, 4.69) is 5.32 Å². The monoisotopic (exact) mass is 393 g/mol. The van der Waals surface area contributed by atoms with Crippen molar-refractivity contribution in [1.82, 2.24) is 15.5 Å². The second kappa shape index (κ2) is 9.19. The highest BCUT2D eigenvalue weighted by Gasteiger charge is 2.43. The second-order valence-corrected chi connectivity index (χ2v) is 5.55. The van der Waals surface area contributed by atoms with Crippen LogP contribution in [0.2, 0.25) is 0 Å². The van der Waals surface area contributed by atoms with Crippen molar-refractivity contribution < 1.29 is 37.0 Å². The first kappa shape index (κ1) is 22.2. The first-order valence-electron chi connectivity index (χ1n) is 7.66. The van der Waals surface area contributed by atoms with Gasteiger partial charge in [0.05, 0.1) is 27.9 Å². The van der Waals surface area contributed by atoms with Crippen LogP contribution in [0.3, 0.4) is 0 Å². The van der Waals surface area contributed by atoms with Crippen molar-refractivity contribution in [2.75, 3.05) is 42.0 Å². The minimum absolute atomic E-state index is 0.00564. The Labute approximate surface area is 154 Å². The summed E-state index contributed by atoms with van der Waals surface area (Å²) in [5.41, 5.74) is -0.328. The minimum Gasteiger partial charge on any atom is -0.493 e.